The van der Waals surface area contributed by atoms with Crippen LogP contribution in [0.25, 0.3) is 0 Å². The number of aldehydes is 1. The molecule has 0 fully saturated rings. The van der Waals surface area contributed by atoms with E-state index in [0.717, 1.165) is 0 Å². The molecule has 0 unspecified atom stereocenters. The number of nitrogens with one attached hydrogen (secondary N) is 2. The summed E-state index contributed by atoms with van der Waals surface area (Å²) in [5.74, 6) is 0. The molecule has 0 aliphatic heterocycles. The number of rotatable bonds is 2. The molecule has 1 aromatic rings. The van der Waals surface area contributed by atoms with Crippen LogP contribution in [0.5, 0.6) is 0 Å². The normalized spacial score (nSPS) is 9.75. The standard InChI is InChI=1S/C6H5IN2O3/c7-4-3(1-2-10)8-6(12)9-5(4)11/h2H,1H2,(H2,8,9,11,12). The summed E-state index contributed by atoms with van der Waals surface area (Å²) in [4.78, 5) is 36.2. The highest BCUT2D eigenvalue weighted by molar-refractivity contribution is 14.1. The highest BCUT2D eigenvalue weighted by atomic mass is 127. The topological polar surface area (TPSA) is 82.8 Å². The minimum Gasteiger partial charge on any atom is -0.310 e. The van der Waals surface area contributed by atoms with Gasteiger partial charge in [-0.1, -0.05) is 0 Å². The van der Waals surface area contributed by atoms with E-state index in [0.29, 0.717) is 15.6 Å². The Morgan fingerprint density at radius 2 is 2.00 bits per heavy atom. The van der Waals surface area contributed by atoms with Gasteiger partial charge in [-0.25, -0.2) is 4.79 Å². The number of H-pyrrole nitrogens is 2. The van der Waals surface area contributed by atoms with E-state index >= 15 is 0 Å². The van der Waals surface area contributed by atoms with Crippen LogP contribution < -0.4 is 11.2 Å². The van der Waals surface area contributed by atoms with E-state index in [1.54, 1.807) is 22.6 Å². The molecule has 0 saturated heterocycles. The van der Waals surface area contributed by atoms with E-state index in [1.165, 1.54) is 0 Å². The Balaban J connectivity index is 3.37. The van der Waals surface area contributed by atoms with Crippen LogP contribution in [0.15, 0.2) is 9.59 Å². The molecule has 0 amide bonds. The second kappa shape index (κ2) is 3.65. The van der Waals surface area contributed by atoms with Crippen LogP contribution >= 0.6 is 22.6 Å². The average Bonchev–Trinajstić information content (AvgIpc) is 2.00. The van der Waals surface area contributed by atoms with Crippen molar-refractivity contribution in [3.63, 3.8) is 0 Å². The molecule has 6 heteroatoms. The Bertz CT molecular complexity index is 406. The maximum absolute atomic E-state index is 10.9. The molecule has 0 radical (unpaired) electrons. The number of aromatic nitrogens is 2. The molecule has 64 valence electrons. The Labute approximate surface area is 80.3 Å². The molecule has 0 atom stereocenters. The average molecular weight is 280 g/mol. The summed E-state index contributed by atoms with van der Waals surface area (Å²) in [6.07, 6.45) is 0.685. The molecule has 0 aromatic carbocycles. The van der Waals surface area contributed by atoms with Gasteiger partial charge in [-0.15, -0.1) is 0 Å². The fraction of sp³-hybridized carbons (Fsp3) is 0.167. The van der Waals surface area contributed by atoms with Crippen molar-refractivity contribution in [2.24, 2.45) is 0 Å². The van der Waals surface area contributed by atoms with E-state index in [9.17, 15) is 14.4 Å². The van der Waals surface area contributed by atoms with Crippen molar-refractivity contribution in [3.05, 3.63) is 30.1 Å². The molecule has 2 N–H and O–H groups in total. The summed E-state index contributed by atoms with van der Waals surface area (Å²) < 4.78 is 0.347. The lowest BCUT2D eigenvalue weighted by molar-refractivity contribution is -0.107. The SMILES string of the molecule is O=CCc1[nH]c(=O)[nH]c(=O)c1I. The predicted molar refractivity (Wildman–Crippen MR) is 50.2 cm³/mol. The number of halogens is 1. The van der Waals surface area contributed by atoms with Crippen LogP contribution in [-0.2, 0) is 11.2 Å². The molecule has 0 aliphatic carbocycles. The highest BCUT2D eigenvalue weighted by Crippen LogP contribution is 2.00. The van der Waals surface area contributed by atoms with E-state index in [4.69, 9.17) is 0 Å². The van der Waals surface area contributed by atoms with Crippen molar-refractivity contribution in [3.8, 4) is 0 Å². The molecule has 0 saturated carbocycles. The lowest BCUT2D eigenvalue weighted by Crippen LogP contribution is -2.26. The Hall–Kier alpha value is -0.920. The number of carbonyl (C=O) groups excluding carboxylic acids is 1. The van der Waals surface area contributed by atoms with Crippen molar-refractivity contribution < 1.29 is 4.79 Å². The van der Waals surface area contributed by atoms with Crippen LogP contribution in [-0.4, -0.2) is 16.3 Å². The number of carbonyl (C=O) groups is 1. The van der Waals surface area contributed by atoms with E-state index in [-0.39, 0.29) is 6.42 Å². The van der Waals surface area contributed by atoms with Gasteiger partial charge in [0.2, 0.25) is 0 Å². The van der Waals surface area contributed by atoms with Gasteiger partial charge < -0.3 is 9.78 Å². The molecule has 1 rings (SSSR count). The van der Waals surface area contributed by atoms with Crippen molar-refractivity contribution in [1.82, 2.24) is 9.97 Å². The molecule has 0 aliphatic rings. The maximum Gasteiger partial charge on any atom is 0.325 e. The summed E-state index contributed by atoms with van der Waals surface area (Å²) in [7, 11) is 0. The first-order valence-corrected chi connectivity index (χ1v) is 4.17. The van der Waals surface area contributed by atoms with Crippen molar-refractivity contribution in [2.75, 3.05) is 0 Å². The zero-order chi connectivity index (χ0) is 9.14. The Morgan fingerprint density at radius 1 is 1.33 bits per heavy atom. The largest absolute Gasteiger partial charge is 0.325 e. The van der Waals surface area contributed by atoms with E-state index in [2.05, 4.69) is 4.98 Å². The molecule has 12 heavy (non-hydrogen) atoms. The minimum absolute atomic E-state index is 0.0530. The fourth-order valence-electron chi connectivity index (χ4n) is 0.742. The maximum atomic E-state index is 10.9. The monoisotopic (exact) mass is 280 g/mol. The van der Waals surface area contributed by atoms with Gasteiger partial charge in [-0.2, -0.15) is 0 Å². The lowest BCUT2D eigenvalue weighted by atomic mass is 10.3. The van der Waals surface area contributed by atoms with Crippen LogP contribution in [0.3, 0.4) is 0 Å². The molecular weight excluding hydrogens is 275 g/mol. The molecule has 1 heterocycles. The van der Waals surface area contributed by atoms with Gasteiger partial charge >= 0.3 is 5.69 Å². The van der Waals surface area contributed by atoms with Gasteiger partial charge in [0.15, 0.2) is 0 Å². The molecule has 1 aromatic heterocycles. The van der Waals surface area contributed by atoms with E-state index in [1.807, 2.05) is 4.98 Å². The van der Waals surface area contributed by atoms with Gasteiger partial charge in [-0.3, -0.25) is 9.78 Å². The van der Waals surface area contributed by atoms with Gasteiger partial charge in [0.25, 0.3) is 5.56 Å². The predicted octanol–water partition coefficient (Wildman–Crippen LogP) is -0.591. The summed E-state index contributed by atoms with van der Waals surface area (Å²) in [5, 5.41) is 0. The first-order chi connectivity index (χ1) is 5.65. The molecule has 5 nitrogen and oxygen atoms in total. The second-order valence-corrected chi connectivity index (χ2v) is 3.15. The zero-order valence-electron chi connectivity index (χ0n) is 5.89. The Kier molecular flexibility index (Phi) is 2.79. The third-order valence-corrected chi connectivity index (χ3v) is 2.38. The van der Waals surface area contributed by atoms with Gasteiger partial charge in [0, 0.05) is 12.1 Å². The minimum atomic E-state index is -0.586. The number of aromatic amines is 2. The van der Waals surface area contributed by atoms with E-state index < -0.39 is 11.2 Å². The van der Waals surface area contributed by atoms with Crippen molar-refractivity contribution >= 4 is 28.9 Å². The van der Waals surface area contributed by atoms with Gasteiger partial charge in [0.1, 0.15) is 6.29 Å². The molecule has 0 bridgehead atoms. The third-order valence-electron chi connectivity index (χ3n) is 1.24. The first-order valence-electron chi connectivity index (χ1n) is 3.09. The number of hydrogen-bond donors (Lipinski definition) is 2. The molecule has 0 spiro atoms. The molecular formula is C6H5IN2O3. The third kappa shape index (κ3) is 1.81. The summed E-state index contributed by atoms with van der Waals surface area (Å²) in [6.45, 7) is 0. The van der Waals surface area contributed by atoms with Crippen LogP contribution in [0.1, 0.15) is 5.69 Å². The van der Waals surface area contributed by atoms with Crippen molar-refractivity contribution in [2.45, 2.75) is 6.42 Å². The highest BCUT2D eigenvalue weighted by Gasteiger charge is 2.04. The lowest BCUT2D eigenvalue weighted by Gasteiger charge is -1.96. The van der Waals surface area contributed by atoms with Crippen molar-refractivity contribution in [1.29, 1.82) is 0 Å². The Morgan fingerprint density at radius 3 is 2.58 bits per heavy atom. The second-order valence-electron chi connectivity index (χ2n) is 2.07. The number of hydrogen-bond acceptors (Lipinski definition) is 3. The van der Waals surface area contributed by atoms with Crippen LogP contribution in [0.4, 0.5) is 0 Å². The quantitative estimate of drug-likeness (QED) is 0.561. The summed E-state index contributed by atoms with van der Waals surface area (Å²) in [5.41, 5.74) is -0.687. The van der Waals surface area contributed by atoms with Gasteiger partial charge in [-0.05, 0) is 22.6 Å². The smallest absolute Gasteiger partial charge is 0.310 e. The van der Waals surface area contributed by atoms with Gasteiger partial charge in [0.05, 0.1) is 3.57 Å². The summed E-state index contributed by atoms with van der Waals surface area (Å²) >= 11 is 1.77. The summed E-state index contributed by atoms with van der Waals surface area (Å²) in [6, 6.07) is 0. The van der Waals surface area contributed by atoms with Crippen LogP contribution in [0, 0.1) is 3.57 Å². The first kappa shape index (κ1) is 9.17. The van der Waals surface area contributed by atoms with Crippen LogP contribution in [0.2, 0.25) is 0 Å². The zero-order valence-corrected chi connectivity index (χ0v) is 8.04. The fourth-order valence-corrected chi connectivity index (χ4v) is 1.23.